The van der Waals surface area contributed by atoms with Gasteiger partial charge >= 0.3 is 0 Å². The fourth-order valence-electron chi connectivity index (χ4n) is 1.92. The second kappa shape index (κ2) is 6.81. The lowest BCUT2D eigenvalue weighted by Gasteiger charge is -2.03. The summed E-state index contributed by atoms with van der Waals surface area (Å²) in [6, 6.07) is 6.69. The minimum absolute atomic E-state index is 0.133. The van der Waals surface area contributed by atoms with Crippen LogP contribution < -0.4 is 5.32 Å². The maximum Gasteiger partial charge on any atom is 0.269 e. The van der Waals surface area contributed by atoms with Crippen LogP contribution in [0.4, 0.5) is 5.69 Å². The summed E-state index contributed by atoms with van der Waals surface area (Å²) in [6.07, 6.45) is 4.74. The van der Waals surface area contributed by atoms with E-state index in [9.17, 15) is 10.1 Å². The normalized spacial score (nSPS) is 10.7. The van der Waals surface area contributed by atoms with Gasteiger partial charge in [-0.05, 0) is 25.5 Å². The molecule has 106 valence electrons. The molecule has 0 bridgehead atoms. The largest absolute Gasteiger partial charge is 0.312 e. The number of aryl methyl sites for hydroxylation is 1. The standard InChI is InChI=1S/C14H18N4O2/c1-2-17-11-13(10-16-17)9-15-8-7-12-3-5-14(6-4-12)18(19)20/h3-6,10-11,15H,2,7-9H2,1H3. The van der Waals surface area contributed by atoms with Crippen molar-refractivity contribution in [3.05, 3.63) is 57.9 Å². The van der Waals surface area contributed by atoms with Gasteiger partial charge < -0.3 is 5.32 Å². The highest BCUT2D eigenvalue weighted by Gasteiger charge is 2.03. The third kappa shape index (κ3) is 3.89. The summed E-state index contributed by atoms with van der Waals surface area (Å²) < 4.78 is 1.90. The Morgan fingerprint density at radius 2 is 2.05 bits per heavy atom. The molecule has 0 saturated heterocycles. The average molecular weight is 274 g/mol. The quantitative estimate of drug-likeness (QED) is 0.477. The Morgan fingerprint density at radius 1 is 1.30 bits per heavy atom. The summed E-state index contributed by atoms with van der Waals surface area (Å²) in [5.41, 5.74) is 2.39. The van der Waals surface area contributed by atoms with Crippen LogP contribution in [0.25, 0.3) is 0 Å². The van der Waals surface area contributed by atoms with E-state index in [-0.39, 0.29) is 10.6 Å². The lowest BCUT2D eigenvalue weighted by molar-refractivity contribution is -0.384. The molecule has 0 aliphatic heterocycles. The van der Waals surface area contributed by atoms with Crippen LogP contribution in [0, 0.1) is 10.1 Å². The molecule has 1 N–H and O–H groups in total. The molecule has 0 unspecified atom stereocenters. The number of hydrogen-bond donors (Lipinski definition) is 1. The first kappa shape index (κ1) is 14.2. The number of nitrogens with zero attached hydrogens (tertiary/aromatic N) is 3. The third-order valence-corrected chi connectivity index (χ3v) is 3.08. The Labute approximate surface area is 117 Å². The van der Waals surface area contributed by atoms with E-state index in [0.29, 0.717) is 0 Å². The van der Waals surface area contributed by atoms with Crippen LogP contribution in [0.1, 0.15) is 18.1 Å². The maximum absolute atomic E-state index is 10.5. The van der Waals surface area contributed by atoms with E-state index in [0.717, 1.165) is 37.2 Å². The molecule has 6 heteroatoms. The lowest BCUT2D eigenvalue weighted by Crippen LogP contribution is -2.16. The number of benzene rings is 1. The highest BCUT2D eigenvalue weighted by molar-refractivity contribution is 5.32. The zero-order valence-electron chi connectivity index (χ0n) is 11.5. The van der Waals surface area contributed by atoms with Crippen LogP contribution in [-0.4, -0.2) is 21.2 Å². The molecule has 1 aromatic heterocycles. The van der Waals surface area contributed by atoms with Crippen molar-refractivity contribution in [2.75, 3.05) is 6.54 Å². The van der Waals surface area contributed by atoms with Crippen LogP contribution in [0.5, 0.6) is 0 Å². The second-order valence-electron chi connectivity index (χ2n) is 4.55. The van der Waals surface area contributed by atoms with Gasteiger partial charge in [-0.1, -0.05) is 12.1 Å². The van der Waals surface area contributed by atoms with Crippen molar-refractivity contribution >= 4 is 5.69 Å². The van der Waals surface area contributed by atoms with Gasteiger partial charge in [0.1, 0.15) is 0 Å². The fourth-order valence-corrected chi connectivity index (χ4v) is 1.92. The molecule has 1 aromatic carbocycles. The molecule has 2 aromatic rings. The van der Waals surface area contributed by atoms with Gasteiger partial charge in [-0.25, -0.2) is 0 Å². The maximum atomic E-state index is 10.5. The average Bonchev–Trinajstić information content (AvgIpc) is 2.92. The smallest absolute Gasteiger partial charge is 0.269 e. The van der Waals surface area contributed by atoms with Crippen LogP contribution in [0.15, 0.2) is 36.7 Å². The Hall–Kier alpha value is -2.21. The van der Waals surface area contributed by atoms with Crippen molar-refractivity contribution in [1.82, 2.24) is 15.1 Å². The highest BCUT2D eigenvalue weighted by atomic mass is 16.6. The van der Waals surface area contributed by atoms with E-state index in [1.807, 2.05) is 17.1 Å². The minimum Gasteiger partial charge on any atom is -0.312 e. The highest BCUT2D eigenvalue weighted by Crippen LogP contribution is 2.11. The first-order chi connectivity index (χ1) is 9.69. The Bertz CT molecular complexity index is 563. The monoisotopic (exact) mass is 274 g/mol. The number of nitrogens with one attached hydrogen (secondary N) is 1. The van der Waals surface area contributed by atoms with Gasteiger partial charge in [0.25, 0.3) is 5.69 Å². The van der Waals surface area contributed by atoms with E-state index in [1.165, 1.54) is 0 Å². The van der Waals surface area contributed by atoms with E-state index < -0.39 is 0 Å². The first-order valence-electron chi connectivity index (χ1n) is 6.64. The van der Waals surface area contributed by atoms with Crippen LogP contribution in [0.3, 0.4) is 0 Å². The van der Waals surface area contributed by atoms with Crippen molar-refractivity contribution in [3.63, 3.8) is 0 Å². The molecule has 0 fully saturated rings. The number of hydrogen-bond acceptors (Lipinski definition) is 4. The van der Waals surface area contributed by atoms with Crippen LogP contribution in [-0.2, 0) is 19.5 Å². The fraction of sp³-hybridized carbons (Fsp3) is 0.357. The molecule has 20 heavy (non-hydrogen) atoms. The minimum atomic E-state index is -0.382. The lowest BCUT2D eigenvalue weighted by atomic mass is 10.1. The summed E-state index contributed by atoms with van der Waals surface area (Å²) >= 11 is 0. The van der Waals surface area contributed by atoms with E-state index in [4.69, 9.17) is 0 Å². The molecule has 0 amide bonds. The SMILES string of the molecule is CCn1cc(CNCCc2ccc([N+](=O)[O-])cc2)cn1. The van der Waals surface area contributed by atoms with Gasteiger partial charge in [0.15, 0.2) is 0 Å². The molecule has 0 radical (unpaired) electrons. The van der Waals surface area contributed by atoms with Crippen LogP contribution >= 0.6 is 0 Å². The number of nitro benzene ring substituents is 1. The molecule has 0 spiro atoms. The topological polar surface area (TPSA) is 73.0 Å². The van der Waals surface area contributed by atoms with Gasteiger partial charge in [0, 0.05) is 37.0 Å². The molecule has 0 atom stereocenters. The molecule has 0 saturated carbocycles. The third-order valence-electron chi connectivity index (χ3n) is 3.08. The van der Waals surface area contributed by atoms with Crippen molar-refractivity contribution in [2.45, 2.75) is 26.4 Å². The zero-order valence-corrected chi connectivity index (χ0v) is 11.5. The number of non-ortho nitro benzene ring substituents is 1. The number of nitro groups is 1. The molecule has 0 aliphatic carbocycles. The summed E-state index contributed by atoms with van der Waals surface area (Å²) in [6.45, 7) is 4.55. The van der Waals surface area contributed by atoms with Crippen molar-refractivity contribution < 1.29 is 4.92 Å². The van der Waals surface area contributed by atoms with E-state index in [1.54, 1.807) is 24.3 Å². The summed E-state index contributed by atoms with van der Waals surface area (Å²) in [5.74, 6) is 0. The zero-order chi connectivity index (χ0) is 14.4. The van der Waals surface area contributed by atoms with Gasteiger partial charge in [-0.2, -0.15) is 5.10 Å². The van der Waals surface area contributed by atoms with E-state index in [2.05, 4.69) is 17.3 Å². The Balaban J connectivity index is 1.74. The predicted molar refractivity (Wildman–Crippen MR) is 76.4 cm³/mol. The first-order valence-corrected chi connectivity index (χ1v) is 6.64. The van der Waals surface area contributed by atoms with Crippen LogP contribution in [0.2, 0.25) is 0 Å². The summed E-state index contributed by atoms with van der Waals surface area (Å²) in [4.78, 5) is 10.2. The van der Waals surface area contributed by atoms with Gasteiger partial charge in [0.2, 0.25) is 0 Å². The second-order valence-corrected chi connectivity index (χ2v) is 4.55. The van der Waals surface area contributed by atoms with Gasteiger partial charge in [-0.3, -0.25) is 14.8 Å². The van der Waals surface area contributed by atoms with Crippen molar-refractivity contribution in [1.29, 1.82) is 0 Å². The van der Waals surface area contributed by atoms with Gasteiger partial charge in [0.05, 0.1) is 11.1 Å². The number of aromatic nitrogens is 2. The molecular weight excluding hydrogens is 256 g/mol. The molecular formula is C14H18N4O2. The predicted octanol–water partition coefficient (Wildman–Crippen LogP) is 2.14. The van der Waals surface area contributed by atoms with Crippen molar-refractivity contribution in [2.24, 2.45) is 0 Å². The molecule has 6 nitrogen and oxygen atoms in total. The molecule has 1 heterocycles. The summed E-state index contributed by atoms with van der Waals surface area (Å²) in [5, 5.41) is 18.1. The molecule has 2 rings (SSSR count). The van der Waals surface area contributed by atoms with Gasteiger partial charge in [-0.15, -0.1) is 0 Å². The Kier molecular flexibility index (Phi) is 4.84. The Morgan fingerprint density at radius 3 is 2.65 bits per heavy atom. The van der Waals surface area contributed by atoms with E-state index >= 15 is 0 Å². The van der Waals surface area contributed by atoms with Crippen molar-refractivity contribution in [3.8, 4) is 0 Å². The number of rotatable bonds is 7. The molecule has 0 aliphatic rings. The summed E-state index contributed by atoms with van der Waals surface area (Å²) in [7, 11) is 0.